The molecule has 0 radical (unpaired) electrons. The monoisotopic (exact) mass is 281 g/mol. The van der Waals surface area contributed by atoms with Crippen molar-refractivity contribution in [3.05, 3.63) is 34.2 Å². The lowest BCUT2D eigenvalue weighted by Crippen LogP contribution is -2.15. The zero-order chi connectivity index (χ0) is 13.4. The van der Waals surface area contributed by atoms with Gasteiger partial charge in [-0.15, -0.1) is 11.3 Å². The minimum absolute atomic E-state index is 0.297. The van der Waals surface area contributed by atoms with E-state index in [4.69, 9.17) is 0 Å². The highest BCUT2D eigenvalue weighted by atomic mass is 32.1. The number of halogens is 2. The molecular formula is C15H17F2NS. The van der Waals surface area contributed by atoms with E-state index in [1.54, 1.807) is 0 Å². The summed E-state index contributed by atoms with van der Waals surface area (Å²) in [4.78, 5) is 1.09. The van der Waals surface area contributed by atoms with Crippen molar-refractivity contribution in [2.45, 2.75) is 45.2 Å². The Labute approximate surface area is 115 Å². The van der Waals surface area contributed by atoms with E-state index in [2.05, 4.69) is 12.2 Å². The Morgan fingerprint density at radius 1 is 1.26 bits per heavy atom. The molecule has 102 valence electrons. The zero-order valence-corrected chi connectivity index (χ0v) is 11.7. The Morgan fingerprint density at radius 3 is 2.68 bits per heavy atom. The summed E-state index contributed by atoms with van der Waals surface area (Å²) in [6, 6.07) is 3.07. The molecule has 19 heavy (non-hydrogen) atoms. The zero-order valence-electron chi connectivity index (χ0n) is 10.9. The molecule has 1 nitrogen and oxygen atoms in total. The minimum Gasteiger partial charge on any atom is -0.309 e. The normalized spacial score (nSPS) is 15.3. The molecule has 0 amide bonds. The average Bonchev–Trinajstić information content (AvgIpc) is 3.15. The summed E-state index contributed by atoms with van der Waals surface area (Å²) < 4.78 is 28.3. The van der Waals surface area contributed by atoms with Crippen LogP contribution in [0.1, 0.15) is 36.6 Å². The van der Waals surface area contributed by atoms with E-state index in [1.165, 1.54) is 36.3 Å². The van der Waals surface area contributed by atoms with Crippen LogP contribution >= 0.6 is 11.3 Å². The highest BCUT2D eigenvalue weighted by Crippen LogP contribution is 2.36. The first-order valence-electron chi connectivity index (χ1n) is 6.82. The van der Waals surface area contributed by atoms with Crippen molar-refractivity contribution >= 4 is 21.4 Å². The van der Waals surface area contributed by atoms with E-state index in [0.29, 0.717) is 16.1 Å². The van der Waals surface area contributed by atoms with Gasteiger partial charge in [0.1, 0.15) is 11.6 Å². The molecule has 1 aliphatic carbocycles. The Hall–Kier alpha value is -1.00. The lowest BCUT2D eigenvalue weighted by atomic mass is 10.1. The second kappa shape index (κ2) is 5.17. The summed E-state index contributed by atoms with van der Waals surface area (Å²) in [6.45, 7) is 2.80. The molecule has 1 aromatic heterocycles. The molecule has 1 fully saturated rings. The SMILES string of the molecule is CCCc1c(CNC2CC2)sc2c(F)ccc(F)c12. The maximum atomic E-state index is 14.0. The van der Waals surface area contributed by atoms with E-state index < -0.39 is 0 Å². The van der Waals surface area contributed by atoms with Crippen LogP contribution in [0.4, 0.5) is 8.78 Å². The van der Waals surface area contributed by atoms with Gasteiger partial charge < -0.3 is 5.32 Å². The van der Waals surface area contributed by atoms with Gasteiger partial charge in [0.05, 0.1) is 4.70 Å². The predicted molar refractivity (Wildman–Crippen MR) is 75.6 cm³/mol. The highest BCUT2D eigenvalue weighted by Gasteiger charge is 2.22. The predicted octanol–water partition coefficient (Wildman–Crippen LogP) is 4.38. The van der Waals surface area contributed by atoms with Gasteiger partial charge in [0.2, 0.25) is 0 Å². The van der Waals surface area contributed by atoms with E-state index in [0.717, 1.165) is 29.8 Å². The van der Waals surface area contributed by atoms with Crippen LogP contribution in [0.3, 0.4) is 0 Å². The largest absolute Gasteiger partial charge is 0.309 e. The second-order valence-electron chi connectivity index (χ2n) is 5.14. The molecule has 0 spiro atoms. The summed E-state index contributed by atoms with van der Waals surface area (Å²) in [5, 5.41) is 3.94. The van der Waals surface area contributed by atoms with Gasteiger partial charge in [-0.05, 0) is 37.0 Å². The molecule has 1 aliphatic rings. The standard InChI is InChI=1S/C15H17F2NS/c1-2-3-10-13(8-18-9-4-5-9)19-15-12(17)7-6-11(16)14(10)15/h6-7,9,18H,2-5,8H2,1H3. The van der Waals surface area contributed by atoms with E-state index in [9.17, 15) is 8.78 Å². The number of fused-ring (bicyclic) bond motifs is 1. The van der Waals surface area contributed by atoms with Crippen molar-refractivity contribution in [2.24, 2.45) is 0 Å². The third-order valence-electron chi connectivity index (χ3n) is 3.55. The summed E-state index contributed by atoms with van der Waals surface area (Å²) in [5.74, 6) is -0.606. The van der Waals surface area contributed by atoms with Gasteiger partial charge in [-0.1, -0.05) is 13.3 Å². The molecule has 0 aliphatic heterocycles. The fourth-order valence-electron chi connectivity index (χ4n) is 2.42. The van der Waals surface area contributed by atoms with Gasteiger partial charge in [0, 0.05) is 22.8 Å². The van der Waals surface area contributed by atoms with E-state index in [1.807, 2.05) is 0 Å². The van der Waals surface area contributed by atoms with Gasteiger partial charge in [-0.2, -0.15) is 0 Å². The molecule has 4 heteroatoms. The Kier molecular flexibility index (Phi) is 3.54. The summed E-state index contributed by atoms with van der Waals surface area (Å²) in [6.07, 6.45) is 4.19. The first kappa shape index (κ1) is 13.0. The number of nitrogens with one attached hydrogen (secondary N) is 1. The number of aryl methyl sites for hydroxylation is 1. The molecule has 0 unspecified atom stereocenters. The smallest absolute Gasteiger partial charge is 0.141 e. The van der Waals surface area contributed by atoms with Gasteiger partial charge in [0.15, 0.2) is 0 Å². The van der Waals surface area contributed by atoms with Crippen LogP contribution < -0.4 is 5.32 Å². The van der Waals surface area contributed by atoms with Crippen LogP contribution in [0.15, 0.2) is 12.1 Å². The lowest BCUT2D eigenvalue weighted by Gasteiger charge is -2.05. The quantitative estimate of drug-likeness (QED) is 0.857. The van der Waals surface area contributed by atoms with E-state index >= 15 is 0 Å². The van der Waals surface area contributed by atoms with Crippen molar-refractivity contribution in [1.82, 2.24) is 5.32 Å². The van der Waals surface area contributed by atoms with Crippen LogP contribution in [0.25, 0.3) is 10.1 Å². The molecule has 0 saturated heterocycles. The molecule has 0 atom stereocenters. The molecule has 1 N–H and O–H groups in total. The lowest BCUT2D eigenvalue weighted by molar-refractivity contribution is 0.618. The third-order valence-corrected chi connectivity index (χ3v) is 4.79. The molecule has 1 aromatic carbocycles. The van der Waals surface area contributed by atoms with Crippen LogP contribution in [0.2, 0.25) is 0 Å². The third kappa shape index (κ3) is 2.51. The van der Waals surface area contributed by atoms with Crippen LogP contribution in [0, 0.1) is 11.6 Å². The van der Waals surface area contributed by atoms with Crippen molar-refractivity contribution in [1.29, 1.82) is 0 Å². The number of thiophene rings is 1. The molecule has 1 heterocycles. The molecule has 2 aromatic rings. The number of rotatable bonds is 5. The minimum atomic E-state index is -0.309. The van der Waals surface area contributed by atoms with Crippen LogP contribution in [0.5, 0.6) is 0 Å². The summed E-state index contributed by atoms with van der Waals surface area (Å²) in [5.41, 5.74) is 0.993. The number of hydrogen-bond donors (Lipinski definition) is 1. The maximum Gasteiger partial charge on any atom is 0.141 e. The number of hydrogen-bond acceptors (Lipinski definition) is 2. The van der Waals surface area contributed by atoms with Crippen LogP contribution in [-0.2, 0) is 13.0 Å². The Balaban J connectivity index is 2.05. The first-order chi connectivity index (χ1) is 9.20. The van der Waals surface area contributed by atoms with E-state index in [-0.39, 0.29) is 11.6 Å². The van der Waals surface area contributed by atoms with Gasteiger partial charge in [-0.3, -0.25) is 0 Å². The van der Waals surface area contributed by atoms with Gasteiger partial charge in [-0.25, -0.2) is 8.78 Å². The molecule has 0 bridgehead atoms. The number of benzene rings is 1. The highest BCUT2D eigenvalue weighted by molar-refractivity contribution is 7.19. The Bertz CT molecular complexity index is 602. The fraction of sp³-hybridized carbons (Fsp3) is 0.467. The van der Waals surface area contributed by atoms with Crippen molar-refractivity contribution in [3.63, 3.8) is 0 Å². The maximum absolute atomic E-state index is 14.0. The van der Waals surface area contributed by atoms with Crippen molar-refractivity contribution in [3.8, 4) is 0 Å². The first-order valence-corrected chi connectivity index (χ1v) is 7.64. The Morgan fingerprint density at radius 2 is 2.00 bits per heavy atom. The summed E-state index contributed by atoms with van der Waals surface area (Å²) in [7, 11) is 0. The average molecular weight is 281 g/mol. The summed E-state index contributed by atoms with van der Waals surface area (Å²) >= 11 is 1.40. The second-order valence-corrected chi connectivity index (χ2v) is 6.25. The van der Waals surface area contributed by atoms with Gasteiger partial charge in [0.25, 0.3) is 0 Å². The van der Waals surface area contributed by atoms with Crippen molar-refractivity contribution in [2.75, 3.05) is 0 Å². The van der Waals surface area contributed by atoms with Crippen LogP contribution in [-0.4, -0.2) is 6.04 Å². The fourth-order valence-corrected chi connectivity index (χ4v) is 3.64. The molecule has 1 saturated carbocycles. The van der Waals surface area contributed by atoms with Crippen molar-refractivity contribution < 1.29 is 8.78 Å². The van der Waals surface area contributed by atoms with Gasteiger partial charge >= 0.3 is 0 Å². The molecular weight excluding hydrogens is 264 g/mol. The molecule has 3 rings (SSSR count). The topological polar surface area (TPSA) is 12.0 Å².